The Balaban J connectivity index is 0. The van der Waals surface area contributed by atoms with E-state index < -0.39 is 0 Å². The van der Waals surface area contributed by atoms with Crippen LogP contribution in [-0.2, 0) is 32.7 Å². The molecular formula is C9H19Y-. The van der Waals surface area contributed by atoms with E-state index in [1.54, 1.807) is 5.92 Å². The number of hydrogen-bond acceptors (Lipinski definition) is 0. The van der Waals surface area contributed by atoms with E-state index in [9.17, 15) is 0 Å². The third-order valence-corrected chi connectivity index (χ3v) is 1.53. The van der Waals surface area contributed by atoms with Crippen molar-refractivity contribution >= 4 is 0 Å². The monoisotopic (exact) mass is 216 g/mol. The van der Waals surface area contributed by atoms with E-state index in [4.69, 9.17) is 0 Å². The Kier molecular flexibility index (Phi) is 13.8. The molecule has 0 bridgehead atoms. The summed E-state index contributed by atoms with van der Waals surface area (Å²) in [5.41, 5.74) is 0. The van der Waals surface area contributed by atoms with Crippen LogP contribution in [0.5, 0.6) is 0 Å². The minimum atomic E-state index is 0. The van der Waals surface area contributed by atoms with Gasteiger partial charge in [0.2, 0.25) is 0 Å². The van der Waals surface area contributed by atoms with Gasteiger partial charge in [-0.25, -0.2) is 0 Å². The Morgan fingerprint density at radius 3 is 2.00 bits per heavy atom. The van der Waals surface area contributed by atoms with Gasteiger partial charge >= 0.3 is 0 Å². The summed E-state index contributed by atoms with van der Waals surface area (Å²) in [6.07, 6.45) is 6.91. The first-order valence-corrected chi connectivity index (χ1v) is 4.06. The van der Waals surface area contributed by atoms with Crippen molar-refractivity contribution in [3.05, 3.63) is 5.92 Å². The Bertz CT molecular complexity index is 50.7. The van der Waals surface area contributed by atoms with E-state index in [-0.39, 0.29) is 32.7 Å². The molecule has 0 spiro atoms. The van der Waals surface area contributed by atoms with Gasteiger partial charge in [0.25, 0.3) is 0 Å². The van der Waals surface area contributed by atoms with Crippen LogP contribution in [0.1, 0.15) is 52.9 Å². The van der Waals surface area contributed by atoms with Crippen LogP contribution in [0.3, 0.4) is 0 Å². The second-order valence-corrected chi connectivity index (χ2v) is 3.02. The molecule has 0 aliphatic heterocycles. The van der Waals surface area contributed by atoms with Gasteiger partial charge in [-0.3, -0.25) is 0 Å². The van der Waals surface area contributed by atoms with E-state index in [1.807, 2.05) is 0 Å². The molecule has 10 heavy (non-hydrogen) atoms. The molecule has 0 amide bonds. The first kappa shape index (κ1) is 13.7. The normalized spacial score (nSPS) is 9.60. The average Bonchev–Trinajstić information content (AvgIpc) is 1.80. The van der Waals surface area contributed by atoms with Gasteiger partial charge in [-0.2, -0.15) is 20.3 Å². The molecule has 0 aliphatic carbocycles. The summed E-state index contributed by atoms with van der Waals surface area (Å²) >= 11 is 0. The molecule has 0 aromatic carbocycles. The summed E-state index contributed by atoms with van der Waals surface area (Å²) < 4.78 is 0. The van der Waals surface area contributed by atoms with Crippen LogP contribution in [0.2, 0.25) is 0 Å². The summed E-state index contributed by atoms with van der Waals surface area (Å²) in [7, 11) is 0. The van der Waals surface area contributed by atoms with Crippen LogP contribution in [0, 0.1) is 5.92 Å². The fourth-order valence-corrected chi connectivity index (χ4v) is 0.905. The van der Waals surface area contributed by atoms with Crippen LogP contribution in [0.15, 0.2) is 0 Å². The van der Waals surface area contributed by atoms with Gasteiger partial charge in [0.15, 0.2) is 0 Å². The molecule has 0 N–H and O–H groups in total. The number of hydrogen-bond donors (Lipinski definition) is 0. The molecule has 0 aromatic heterocycles. The number of unbranched alkanes of at least 4 members (excludes halogenated alkanes) is 3. The van der Waals surface area contributed by atoms with Crippen LogP contribution >= 0.6 is 0 Å². The molecule has 1 radical (unpaired) electrons. The Labute approximate surface area is 91.0 Å². The van der Waals surface area contributed by atoms with Gasteiger partial charge in [-0.15, -0.1) is 0 Å². The van der Waals surface area contributed by atoms with Gasteiger partial charge in [0.05, 0.1) is 0 Å². The first-order chi connectivity index (χ1) is 4.27. The molecule has 0 aromatic rings. The van der Waals surface area contributed by atoms with E-state index in [1.165, 1.54) is 32.1 Å². The fourth-order valence-electron chi connectivity index (χ4n) is 0.905. The van der Waals surface area contributed by atoms with Crippen molar-refractivity contribution in [3.63, 3.8) is 0 Å². The molecule has 0 aliphatic rings. The van der Waals surface area contributed by atoms with Crippen molar-refractivity contribution in [2.24, 2.45) is 0 Å². The fraction of sp³-hybridized carbons (Fsp3) is 0.889. The van der Waals surface area contributed by atoms with Crippen molar-refractivity contribution in [2.45, 2.75) is 52.9 Å². The Hall–Kier alpha value is 1.10. The minimum absolute atomic E-state index is 0. The molecular weight excluding hydrogens is 197 g/mol. The molecule has 0 unspecified atom stereocenters. The maximum Gasteiger partial charge on any atom is 0 e. The van der Waals surface area contributed by atoms with Gasteiger partial charge in [-0.05, 0) is 0 Å². The van der Waals surface area contributed by atoms with Crippen LogP contribution in [-0.4, -0.2) is 0 Å². The van der Waals surface area contributed by atoms with Crippen LogP contribution in [0.4, 0.5) is 0 Å². The maximum atomic E-state index is 2.25. The zero-order valence-corrected chi connectivity index (χ0v) is 10.5. The zero-order chi connectivity index (χ0) is 7.11. The van der Waals surface area contributed by atoms with E-state index >= 15 is 0 Å². The molecule has 0 atom stereocenters. The molecule has 0 rings (SSSR count). The topological polar surface area (TPSA) is 0 Å². The Morgan fingerprint density at radius 1 is 1.00 bits per heavy atom. The summed E-state index contributed by atoms with van der Waals surface area (Å²) in [6, 6.07) is 0. The molecule has 0 fully saturated rings. The van der Waals surface area contributed by atoms with Gasteiger partial charge in [0, 0.05) is 32.7 Å². The second kappa shape index (κ2) is 10.1. The van der Waals surface area contributed by atoms with Crippen LogP contribution in [0.25, 0.3) is 0 Å². The van der Waals surface area contributed by atoms with Crippen molar-refractivity contribution in [1.29, 1.82) is 0 Å². The number of rotatable bonds is 5. The minimum Gasteiger partial charge on any atom is -0.320 e. The molecule has 0 saturated carbocycles. The van der Waals surface area contributed by atoms with Crippen molar-refractivity contribution in [2.75, 3.05) is 0 Å². The molecule has 0 nitrogen and oxygen atoms in total. The van der Waals surface area contributed by atoms with Crippen LogP contribution < -0.4 is 0 Å². The predicted octanol–water partition coefficient (Wildman–Crippen LogP) is 3.57. The third-order valence-electron chi connectivity index (χ3n) is 1.53. The standard InChI is InChI=1S/C9H19.Y/c1-4-5-6-7-8-9(2)3;/h4-8H2,1-3H3;/q-1;. The third kappa shape index (κ3) is 11.8. The summed E-state index contributed by atoms with van der Waals surface area (Å²) in [5.74, 6) is 1.58. The van der Waals surface area contributed by atoms with Crippen molar-refractivity contribution in [1.82, 2.24) is 0 Å². The van der Waals surface area contributed by atoms with Gasteiger partial charge in [0.1, 0.15) is 0 Å². The van der Waals surface area contributed by atoms with Crippen molar-refractivity contribution in [3.8, 4) is 0 Å². The predicted molar refractivity (Wildman–Crippen MR) is 43.4 cm³/mol. The largest absolute Gasteiger partial charge is 0.320 e. The molecule has 1 heteroatoms. The second-order valence-electron chi connectivity index (χ2n) is 3.02. The van der Waals surface area contributed by atoms with Crippen molar-refractivity contribution < 1.29 is 32.7 Å². The quantitative estimate of drug-likeness (QED) is 0.486. The average molecular weight is 216 g/mol. The molecule has 0 saturated heterocycles. The summed E-state index contributed by atoms with van der Waals surface area (Å²) in [5, 5.41) is 0. The van der Waals surface area contributed by atoms with Gasteiger partial charge < -0.3 is 5.92 Å². The molecule has 0 heterocycles. The zero-order valence-electron chi connectivity index (χ0n) is 7.61. The Morgan fingerprint density at radius 2 is 1.60 bits per heavy atom. The molecule has 59 valence electrons. The van der Waals surface area contributed by atoms with E-state index in [2.05, 4.69) is 20.8 Å². The van der Waals surface area contributed by atoms with E-state index in [0.29, 0.717) is 0 Å². The first-order valence-electron chi connectivity index (χ1n) is 4.06. The van der Waals surface area contributed by atoms with Gasteiger partial charge in [-0.1, -0.05) is 32.6 Å². The maximum absolute atomic E-state index is 2.25. The van der Waals surface area contributed by atoms with E-state index in [0.717, 1.165) is 0 Å². The SMILES string of the molecule is CCCCCC[C-](C)C.[Y]. The smallest absolute Gasteiger partial charge is 0 e. The summed E-state index contributed by atoms with van der Waals surface area (Å²) in [4.78, 5) is 0. The summed E-state index contributed by atoms with van der Waals surface area (Å²) in [6.45, 7) is 6.68.